The second kappa shape index (κ2) is 4.63. The molecule has 1 fully saturated rings. The van der Waals surface area contributed by atoms with Crippen molar-refractivity contribution in [1.82, 2.24) is 0 Å². The SMILES string of the molecule is COC(=O)c1ccc2c(c1)NCC2C1CCCC1. The minimum absolute atomic E-state index is 0.260. The highest BCUT2D eigenvalue weighted by atomic mass is 16.5. The summed E-state index contributed by atoms with van der Waals surface area (Å²) in [5.74, 6) is 1.20. The Morgan fingerprint density at radius 3 is 2.83 bits per heavy atom. The number of carbonyl (C=O) groups is 1. The van der Waals surface area contributed by atoms with Crippen LogP contribution < -0.4 is 5.32 Å². The molecule has 96 valence electrons. The molecule has 1 unspecified atom stereocenters. The van der Waals surface area contributed by atoms with Gasteiger partial charge < -0.3 is 10.1 Å². The van der Waals surface area contributed by atoms with Crippen LogP contribution in [-0.4, -0.2) is 19.6 Å². The van der Waals surface area contributed by atoms with Crippen molar-refractivity contribution in [3.05, 3.63) is 29.3 Å². The van der Waals surface area contributed by atoms with E-state index in [0.717, 1.165) is 18.2 Å². The van der Waals surface area contributed by atoms with Gasteiger partial charge in [0.05, 0.1) is 12.7 Å². The van der Waals surface area contributed by atoms with E-state index in [1.807, 2.05) is 12.1 Å². The second-order valence-electron chi connectivity index (χ2n) is 5.33. The number of hydrogen-bond acceptors (Lipinski definition) is 3. The zero-order valence-corrected chi connectivity index (χ0v) is 10.7. The first-order chi connectivity index (χ1) is 8.79. The highest BCUT2D eigenvalue weighted by Gasteiger charge is 2.31. The molecule has 3 rings (SSSR count). The van der Waals surface area contributed by atoms with Crippen molar-refractivity contribution in [2.75, 3.05) is 19.0 Å². The molecule has 3 nitrogen and oxygen atoms in total. The summed E-state index contributed by atoms with van der Waals surface area (Å²) < 4.78 is 4.76. The van der Waals surface area contributed by atoms with Crippen LogP contribution in [0.15, 0.2) is 18.2 Å². The maximum atomic E-state index is 11.5. The number of anilines is 1. The molecule has 0 aromatic heterocycles. The standard InChI is InChI=1S/C15H19NO2/c1-18-15(17)11-6-7-12-13(9-16-14(12)8-11)10-4-2-3-5-10/h6-8,10,13,16H,2-5,9H2,1H3. The highest BCUT2D eigenvalue weighted by Crippen LogP contribution is 2.43. The van der Waals surface area contributed by atoms with Gasteiger partial charge in [0, 0.05) is 18.2 Å². The van der Waals surface area contributed by atoms with Crippen molar-refractivity contribution in [3.8, 4) is 0 Å². The number of fused-ring (bicyclic) bond motifs is 1. The molecule has 1 N–H and O–H groups in total. The van der Waals surface area contributed by atoms with Gasteiger partial charge in [-0.1, -0.05) is 18.9 Å². The van der Waals surface area contributed by atoms with Gasteiger partial charge in [0.2, 0.25) is 0 Å². The number of benzene rings is 1. The van der Waals surface area contributed by atoms with Gasteiger partial charge in [0.25, 0.3) is 0 Å². The topological polar surface area (TPSA) is 38.3 Å². The van der Waals surface area contributed by atoms with Gasteiger partial charge in [-0.25, -0.2) is 4.79 Å². The lowest BCUT2D eigenvalue weighted by Crippen LogP contribution is -2.11. The monoisotopic (exact) mass is 245 g/mol. The number of esters is 1. The Morgan fingerprint density at radius 2 is 2.11 bits per heavy atom. The third kappa shape index (κ3) is 1.88. The van der Waals surface area contributed by atoms with Crippen LogP contribution in [0.2, 0.25) is 0 Å². The van der Waals surface area contributed by atoms with Gasteiger partial charge in [0.15, 0.2) is 0 Å². The Labute approximate surface area is 108 Å². The second-order valence-corrected chi connectivity index (χ2v) is 5.33. The van der Waals surface area contributed by atoms with Crippen molar-refractivity contribution >= 4 is 11.7 Å². The van der Waals surface area contributed by atoms with E-state index in [0.29, 0.717) is 11.5 Å². The number of hydrogen-bond donors (Lipinski definition) is 1. The van der Waals surface area contributed by atoms with Crippen LogP contribution in [0, 0.1) is 5.92 Å². The molecule has 0 amide bonds. The van der Waals surface area contributed by atoms with Crippen LogP contribution in [0.5, 0.6) is 0 Å². The van der Waals surface area contributed by atoms with Crippen molar-refractivity contribution in [2.24, 2.45) is 5.92 Å². The fourth-order valence-electron chi connectivity index (χ4n) is 3.39. The van der Waals surface area contributed by atoms with Gasteiger partial charge in [0.1, 0.15) is 0 Å². The molecular formula is C15H19NO2. The van der Waals surface area contributed by atoms with E-state index in [4.69, 9.17) is 4.74 Å². The normalized spacial score (nSPS) is 22.6. The number of nitrogens with one attached hydrogen (secondary N) is 1. The first-order valence-corrected chi connectivity index (χ1v) is 6.75. The predicted molar refractivity (Wildman–Crippen MR) is 71.0 cm³/mol. The zero-order valence-electron chi connectivity index (χ0n) is 10.7. The number of carbonyl (C=O) groups excluding carboxylic acids is 1. The summed E-state index contributed by atoms with van der Waals surface area (Å²) in [5, 5.41) is 3.44. The summed E-state index contributed by atoms with van der Waals surface area (Å²) in [7, 11) is 1.42. The molecule has 1 saturated carbocycles. The Bertz CT molecular complexity index is 464. The van der Waals surface area contributed by atoms with Crippen LogP contribution in [0.4, 0.5) is 5.69 Å². The number of methoxy groups -OCH3 is 1. The van der Waals surface area contributed by atoms with Gasteiger partial charge in [-0.15, -0.1) is 0 Å². The lowest BCUT2D eigenvalue weighted by atomic mass is 9.86. The van der Waals surface area contributed by atoms with E-state index in [-0.39, 0.29) is 5.97 Å². The highest BCUT2D eigenvalue weighted by molar-refractivity contribution is 5.91. The van der Waals surface area contributed by atoms with Crippen LogP contribution in [0.1, 0.15) is 47.5 Å². The molecule has 1 aromatic rings. The van der Waals surface area contributed by atoms with Crippen molar-refractivity contribution in [3.63, 3.8) is 0 Å². The molecule has 0 bridgehead atoms. The maximum absolute atomic E-state index is 11.5. The van der Waals surface area contributed by atoms with Crippen LogP contribution in [-0.2, 0) is 4.74 Å². The first kappa shape index (κ1) is 11.6. The van der Waals surface area contributed by atoms with E-state index in [9.17, 15) is 4.79 Å². The third-order valence-electron chi connectivity index (χ3n) is 4.36. The summed E-state index contributed by atoms with van der Waals surface area (Å²) in [6.45, 7) is 1.02. The van der Waals surface area contributed by atoms with Crippen LogP contribution in [0.25, 0.3) is 0 Å². The Balaban J connectivity index is 1.86. The molecule has 1 aliphatic heterocycles. The van der Waals surface area contributed by atoms with Crippen molar-refractivity contribution < 1.29 is 9.53 Å². The lowest BCUT2D eigenvalue weighted by molar-refractivity contribution is 0.0601. The third-order valence-corrected chi connectivity index (χ3v) is 4.36. The lowest BCUT2D eigenvalue weighted by Gasteiger charge is -2.17. The smallest absolute Gasteiger partial charge is 0.337 e. The minimum atomic E-state index is -0.260. The molecule has 18 heavy (non-hydrogen) atoms. The van der Waals surface area contributed by atoms with Gasteiger partial charge >= 0.3 is 5.97 Å². The Morgan fingerprint density at radius 1 is 1.33 bits per heavy atom. The predicted octanol–water partition coefficient (Wildman–Crippen LogP) is 3.17. The molecule has 1 aromatic carbocycles. The molecule has 0 spiro atoms. The van der Waals surface area contributed by atoms with E-state index in [2.05, 4.69) is 11.4 Å². The molecule has 1 heterocycles. The molecular weight excluding hydrogens is 226 g/mol. The Kier molecular flexibility index (Phi) is 2.98. The van der Waals surface area contributed by atoms with Gasteiger partial charge in [-0.2, -0.15) is 0 Å². The van der Waals surface area contributed by atoms with Crippen LogP contribution in [0.3, 0.4) is 0 Å². The fourth-order valence-corrected chi connectivity index (χ4v) is 3.39. The van der Waals surface area contributed by atoms with E-state index in [1.54, 1.807) is 0 Å². The molecule has 1 aliphatic carbocycles. The summed E-state index contributed by atoms with van der Waals surface area (Å²) in [6.07, 6.45) is 5.45. The van der Waals surface area contributed by atoms with Crippen LogP contribution >= 0.6 is 0 Å². The quantitative estimate of drug-likeness (QED) is 0.813. The van der Waals surface area contributed by atoms with Crippen molar-refractivity contribution in [1.29, 1.82) is 0 Å². The molecule has 1 atom stereocenters. The fraction of sp³-hybridized carbons (Fsp3) is 0.533. The van der Waals surface area contributed by atoms with E-state index >= 15 is 0 Å². The van der Waals surface area contributed by atoms with E-state index in [1.165, 1.54) is 38.4 Å². The zero-order chi connectivity index (χ0) is 12.5. The molecule has 0 saturated heterocycles. The van der Waals surface area contributed by atoms with Gasteiger partial charge in [-0.3, -0.25) is 0 Å². The number of ether oxygens (including phenoxy) is 1. The largest absolute Gasteiger partial charge is 0.465 e. The number of rotatable bonds is 2. The average Bonchev–Trinajstić information content (AvgIpc) is 3.05. The molecule has 3 heteroatoms. The first-order valence-electron chi connectivity index (χ1n) is 6.75. The summed E-state index contributed by atoms with van der Waals surface area (Å²) >= 11 is 0. The Hall–Kier alpha value is -1.51. The average molecular weight is 245 g/mol. The maximum Gasteiger partial charge on any atom is 0.337 e. The summed E-state index contributed by atoms with van der Waals surface area (Å²) in [5.41, 5.74) is 3.14. The molecule has 2 aliphatic rings. The summed E-state index contributed by atoms with van der Waals surface area (Å²) in [4.78, 5) is 11.5. The van der Waals surface area contributed by atoms with E-state index < -0.39 is 0 Å². The van der Waals surface area contributed by atoms with Crippen molar-refractivity contribution in [2.45, 2.75) is 31.6 Å². The van der Waals surface area contributed by atoms with Gasteiger partial charge in [-0.05, 0) is 36.5 Å². The minimum Gasteiger partial charge on any atom is -0.465 e. The molecule has 0 radical (unpaired) electrons. The summed E-state index contributed by atoms with van der Waals surface area (Å²) in [6, 6.07) is 5.92.